The quantitative estimate of drug-likeness (QED) is 0.307. The number of unbranched alkanes of at least 4 members (excludes halogenated alkanes) is 4. The summed E-state index contributed by atoms with van der Waals surface area (Å²) < 4.78 is 5.30. The monoisotopic (exact) mass is 318 g/mol. The Morgan fingerprint density at radius 2 is 2.00 bits per heavy atom. The average molecular weight is 318 g/mol. The van der Waals surface area contributed by atoms with Crippen LogP contribution in [-0.2, 0) is 9.53 Å². The predicted octanol–water partition coefficient (Wildman–Crippen LogP) is 4.64. The minimum Gasteiger partial charge on any atom is -0.455 e. The Hall–Kier alpha value is -1.61. The van der Waals surface area contributed by atoms with Gasteiger partial charge in [0.05, 0.1) is 6.10 Å². The van der Waals surface area contributed by atoms with Crippen LogP contribution in [0.25, 0.3) is 0 Å². The van der Waals surface area contributed by atoms with Crippen LogP contribution in [0.4, 0.5) is 0 Å². The SMILES string of the molecule is CCCCCC\C=C/C=C\C=C\[C@@H]1OC(=O)CC/C=C\C[C@H]1O. The van der Waals surface area contributed by atoms with Crippen molar-refractivity contribution >= 4 is 5.97 Å². The number of allylic oxidation sites excluding steroid dienone is 6. The van der Waals surface area contributed by atoms with Gasteiger partial charge in [-0.3, -0.25) is 4.79 Å². The molecule has 0 unspecified atom stereocenters. The third-order valence-corrected chi connectivity index (χ3v) is 3.70. The Labute approximate surface area is 140 Å². The van der Waals surface area contributed by atoms with E-state index in [0.717, 1.165) is 6.42 Å². The van der Waals surface area contributed by atoms with E-state index in [9.17, 15) is 9.90 Å². The molecular formula is C20H30O3. The molecule has 2 atom stereocenters. The average Bonchev–Trinajstić information content (AvgIpc) is 2.61. The van der Waals surface area contributed by atoms with E-state index in [0.29, 0.717) is 19.3 Å². The Bertz CT molecular complexity index is 432. The molecule has 3 heteroatoms. The van der Waals surface area contributed by atoms with E-state index in [1.165, 1.54) is 25.7 Å². The van der Waals surface area contributed by atoms with Crippen molar-refractivity contribution in [1.82, 2.24) is 0 Å². The zero-order valence-electron chi connectivity index (χ0n) is 14.2. The fourth-order valence-electron chi connectivity index (χ4n) is 2.31. The van der Waals surface area contributed by atoms with Crippen LogP contribution in [0.15, 0.2) is 48.6 Å². The van der Waals surface area contributed by atoms with E-state index in [4.69, 9.17) is 4.74 Å². The topological polar surface area (TPSA) is 46.5 Å². The smallest absolute Gasteiger partial charge is 0.306 e. The van der Waals surface area contributed by atoms with Crippen molar-refractivity contribution in [3.05, 3.63) is 48.6 Å². The highest BCUT2D eigenvalue weighted by molar-refractivity contribution is 5.70. The molecule has 0 fully saturated rings. The van der Waals surface area contributed by atoms with E-state index in [1.54, 1.807) is 6.08 Å². The number of rotatable bonds is 8. The molecule has 1 aliphatic rings. The molecule has 3 nitrogen and oxygen atoms in total. The fraction of sp³-hybridized carbons (Fsp3) is 0.550. The number of aliphatic hydroxyl groups excluding tert-OH is 1. The second kappa shape index (κ2) is 12.9. The largest absolute Gasteiger partial charge is 0.455 e. The lowest BCUT2D eigenvalue weighted by Gasteiger charge is -2.18. The first kappa shape index (κ1) is 19.4. The van der Waals surface area contributed by atoms with Gasteiger partial charge in [-0.25, -0.2) is 0 Å². The minimum atomic E-state index is -0.688. The van der Waals surface area contributed by atoms with E-state index in [-0.39, 0.29) is 5.97 Å². The molecular weight excluding hydrogens is 288 g/mol. The zero-order valence-corrected chi connectivity index (χ0v) is 14.2. The second-order valence-corrected chi connectivity index (χ2v) is 5.81. The lowest BCUT2D eigenvalue weighted by molar-refractivity contribution is -0.151. The number of carbonyl (C=O) groups excluding carboxylic acids is 1. The summed E-state index contributed by atoms with van der Waals surface area (Å²) in [6.07, 6.45) is 21.9. The van der Waals surface area contributed by atoms with Crippen LogP contribution >= 0.6 is 0 Å². The summed E-state index contributed by atoms with van der Waals surface area (Å²) in [4.78, 5) is 11.6. The maximum atomic E-state index is 11.6. The summed E-state index contributed by atoms with van der Waals surface area (Å²) >= 11 is 0. The van der Waals surface area contributed by atoms with Gasteiger partial charge in [-0.1, -0.05) is 68.7 Å². The van der Waals surface area contributed by atoms with Gasteiger partial charge in [0, 0.05) is 6.42 Å². The van der Waals surface area contributed by atoms with Crippen molar-refractivity contribution < 1.29 is 14.6 Å². The van der Waals surface area contributed by atoms with Gasteiger partial charge in [0.2, 0.25) is 0 Å². The van der Waals surface area contributed by atoms with Gasteiger partial charge >= 0.3 is 5.97 Å². The molecule has 128 valence electrons. The molecule has 23 heavy (non-hydrogen) atoms. The highest BCUT2D eigenvalue weighted by Crippen LogP contribution is 2.12. The Morgan fingerprint density at radius 1 is 1.17 bits per heavy atom. The second-order valence-electron chi connectivity index (χ2n) is 5.81. The summed E-state index contributed by atoms with van der Waals surface area (Å²) in [5.41, 5.74) is 0. The molecule has 0 aromatic heterocycles. The van der Waals surface area contributed by atoms with Crippen molar-refractivity contribution in [2.45, 2.75) is 70.5 Å². The Morgan fingerprint density at radius 3 is 2.83 bits per heavy atom. The van der Waals surface area contributed by atoms with Gasteiger partial charge in [-0.15, -0.1) is 0 Å². The molecule has 1 aliphatic heterocycles. The van der Waals surface area contributed by atoms with E-state index >= 15 is 0 Å². The normalized spacial score (nSPS) is 24.7. The molecule has 0 bridgehead atoms. The van der Waals surface area contributed by atoms with Crippen molar-refractivity contribution in [1.29, 1.82) is 0 Å². The molecule has 0 spiro atoms. The van der Waals surface area contributed by atoms with Gasteiger partial charge in [-0.2, -0.15) is 0 Å². The molecule has 0 saturated heterocycles. The maximum Gasteiger partial charge on any atom is 0.306 e. The van der Waals surface area contributed by atoms with Gasteiger partial charge in [0.25, 0.3) is 0 Å². The number of aliphatic hydroxyl groups is 1. The van der Waals surface area contributed by atoms with E-state index in [1.807, 2.05) is 36.5 Å². The number of cyclic esters (lactones) is 1. The van der Waals surface area contributed by atoms with Crippen molar-refractivity contribution in [2.24, 2.45) is 0 Å². The van der Waals surface area contributed by atoms with Crippen LogP contribution in [0.1, 0.15) is 58.3 Å². The van der Waals surface area contributed by atoms with E-state index < -0.39 is 12.2 Å². The summed E-state index contributed by atoms with van der Waals surface area (Å²) in [7, 11) is 0. The van der Waals surface area contributed by atoms with Crippen LogP contribution in [0, 0.1) is 0 Å². The van der Waals surface area contributed by atoms with Gasteiger partial charge in [0.1, 0.15) is 6.10 Å². The zero-order chi connectivity index (χ0) is 16.8. The summed E-state index contributed by atoms with van der Waals surface area (Å²) in [5, 5.41) is 10.0. The van der Waals surface area contributed by atoms with Crippen LogP contribution in [0.2, 0.25) is 0 Å². The molecule has 1 heterocycles. The number of carbonyl (C=O) groups is 1. The van der Waals surface area contributed by atoms with Crippen LogP contribution < -0.4 is 0 Å². The van der Waals surface area contributed by atoms with E-state index in [2.05, 4.69) is 13.0 Å². The molecule has 0 amide bonds. The molecule has 0 radical (unpaired) electrons. The molecule has 0 saturated carbocycles. The number of hydrogen-bond donors (Lipinski definition) is 1. The first-order chi connectivity index (χ1) is 11.2. The first-order valence-corrected chi connectivity index (χ1v) is 8.76. The summed E-state index contributed by atoms with van der Waals surface area (Å²) in [6.45, 7) is 2.22. The Kier molecular flexibility index (Phi) is 10.9. The lowest BCUT2D eigenvalue weighted by atomic mass is 10.1. The lowest BCUT2D eigenvalue weighted by Crippen LogP contribution is -2.28. The third kappa shape index (κ3) is 9.90. The van der Waals surface area contributed by atoms with Gasteiger partial charge in [0.15, 0.2) is 0 Å². The predicted molar refractivity (Wildman–Crippen MR) is 95.1 cm³/mol. The molecule has 0 aromatic rings. The maximum absolute atomic E-state index is 11.6. The van der Waals surface area contributed by atoms with Crippen LogP contribution in [0.3, 0.4) is 0 Å². The summed E-state index contributed by atoms with van der Waals surface area (Å²) in [5.74, 6) is -0.263. The van der Waals surface area contributed by atoms with Crippen molar-refractivity contribution in [3.63, 3.8) is 0 Å². The van der Waals surface area contributed by atoms with Crippen molar-refractivity contribution in [3.8, 4) is 0 Å². The molecule has 0 aromatic carbocycles. The molecule has 1 N–H and O–H groups in total. The minimum absolute atomic E-state index is 0.263. The third-order valence-electron chi connectivity index (χ3n) is 3.70. The standard InChI is InChI=1S/C20H30O3/c1-2-3-4-5-6-7-8-9-10-13-16-19-18(21)15-12-11-14-17-20(22)23-19/h7-13,16,18-19,21H,2-6,14-15,17H2,1H3/b8-7-,10-9-,12-11-,16-13+/t18-,19+/m1/s1. The molecule has 1 rings (SSSR count). The Balaban J connectivity index is 2.35. The van der Waals surface area contributed by atoms with Crippen molar-refractivity contribution in [2.75, 3.05) is 0 Å². The highest BCUT2D eigenvalue weighted by atomic mass is 16.6. The first-order valence-electron chi connectivity index (χ1n) is 8.76. The van der Waals surface area contributed by atoms with Gasteiger partial charge in [-0.05, 0) is 31.8 Å². The highest BCUT2D eigenvalue weighted by Gasteiger charge is 2.20. The number of hydrogen-bond acceptors (Lipinski definition) is 3. The van der Waals surface area contributed by atoms with Crippen LogP contribution in [-0.4, -0.2) is 23.3 Å². The molecule has 0 aliphatic carbocycles. The number of ether oxygens (including phenoxy) is 1. The number of esters is 1. The fourth-order valence-corrected chi connectivity index (χ4v) is 2.31. The van der Waals surface area contributed by atoms with Crippen LogP contribution in [0.5, 0.6) is 0 Å². The summed E-state index contributed by atoms with van der Waals surface area (Å²) in [6, 6.07) is 0. The van der Waals surface area contributed by atoms with Gasteiger partial charge < -0.3 is 9.84 Å².